The average molecular weight is 251 g/mol. The predicted octanol–water partition coefficient (Wildman–Crippen LogP) is 3.10. The summed E-state index contributed by atoms with van der Waals surface area (Å²) < 4.78 is 1.95. The normalized spacial score (nSPS) is 12.7. The summed E-state index contributed by atoms with van der Waals surface area (Å²) in [6.07, 6.45) is 1.81. The third-order valence-electron chi connectivity index (χ3n) is 3.53. The van der Waals surface area contributed by atoms with Gasteiger partial charge in [-0.1, -0.05) is 42.5 Å². The fourth-order valence-corrected chi connectivity index (χ4v) is 2.55. The van der Waals surface area contributed by atoms with Gasteiger partial charge in [0.2, 0.25) is 0 Å². The fraction of sp³-hybridized carbons (Fsp3) is 0.188. The largest absolute Gasteiger partial charge is 0.319 e. The van der Waals surface area contributed by atoms with Crippen molar-refractivity contribution >= 4 is 10.8 Å². The summed E-state index contributed by atoms with van der Waals surface area (Å²) in [6.45, 7) is 2.91. The van der Waals surface area contributed by atoms with Crippen LogP contribution in [0.3, 0.4) is 0 Å². The molecule has 96 valence electrons. The Bertz CT molecular complexity index is 695. The van der Waals surface area contributed by atoms with E-state index in [1.807, 2.05) is 23.0 Å². The van der Waals surface area contributed by atoms with Gasteiger partial charge in [0.25, 0.3) is 0 Å². The zero-order chi connectivity index (χ0) is 13.2. The number of hydrogen-bond acceptors (Lipinski definition) is 2. The molecule has 0 radical (unpaired) electrons. The van der Waals surface area contributed by atoms with E-state index in [2.05, 4.69) is 48.4 Å². The van der Waals surface area contributed by atoms with Gasteiger partial charge in [-0.05, 0) is 29.3 Å². The molecule has 3 nitrogen and oxygen atoms in total. The fourth-order valence-electron chi connectivity index (χ4n) is 2.55. The van der Waals surface area contributed by atoms with Crippen LogP contribution in [0.1, 0.15) is 24.2 Å². The van der Waals surface area contributed by atoms with E-state index in [9.17, 15) is 0 Å². The molecule has 3 aromatic rings. The van der Waals surface area contributed by atoms with Crippen molar-refractivity contribution in [2.75, 3.05) is 0 Å². The van der Waals surface area contributed by atoms with Crippen molar-refractivity contribution in [3.63, 3.8) is 0 Å². The van der Waals surface area contributed by atoms with E-state index >= 15 is 0 Å². The zero-order valence-electron chi connectivity index (χ0n) is 11.0. The highest BCUT2D eigenvalue weighted by Gasteiger charge is 2.15. The molecule has 0 saturated heterocycles. The molecule has 1 atom stereocenters. The molecule has 0 aliphatic rings. The first-order valence-corrected chi connectivity index (χ1v) is 6.56. The molecule has 3 rings (SSSR count). The molecule has 1 unspecified atom stereocenters. The van der Waals surface area contributed by atoms with Crippen LogP contribution in [-0.2, 0) is 6.54 Å². The molecule has 0 fully saturated rings. The van der Waals surface area contributed by atoms with Crippen molar-refractivity contribution in [2.24, 2.45) is 5.73 Å². The molecule has 1 heterocycles. The number of nitrogens with zero attached hydrogens (tertiary/aromatic N) is 2. The lowest BCUT2D eigenvalue weighted by atomic mass is 9.97. The number of hydrogen-bond donors (Lipinski definition) is 1. The Hall–Kier alpha value is -2.13. The van der Waals surface area contributed by atoms with Gasteiger partial charge in [-0.25, -0.2) is 0 Å². The van der Waals surface area contributed by atoms with Gasteiger partial charge in [0, 0.05) is 12.7 Å². The highest BCUT2D eigenvalue weighted by atomic mass is 15.3. The van der Waals surface area contributed by atoms with Crippen LogP contribution in [0.4, 0.5) is 0 Å². The lowest BCUT2D eigenvalue weighted by molar-refractivity contribution is 0.602. The summed E-state index contributed by atoms with van der Waals surface area (Å²) in [4.78, 5) is 0. The lowest BCUT2D eigenvalue weighted by Gasteiger charge is -2.16. The summed E-state index contributed by atoms with van der Waals surface area (Å²) in [6, 6.07) is 16.5. The molecular formula is C16H17N3. The van der Waals surface area contributed by atoms with Crippen molar-refractivity contribution in [1.82, 2.24) is 9.78 Å². The van der Waals surface area contributed by atoms with Crippen molar-refractivity contribution in [1.29, 1.82) is 0 Å². The molecule has 0 saturated carbocycles. The van der Waals surface area contributed by atoms with Crippen LogP contribution in [0.5, 0.6) is 0 Å². The van der Waals surface area contributed by atoms with Gasteiger partial charge in [-0.3, -0.25) is 4.68 Å². The van der Waals surface area contributed by atoms with Crippen LogP contribution in [0.2, 0.25) is 0 Å². The molecule has 0 bridgehead atoms. The number of aryl methyl sites for hydroxylation is 1. The molecule has 0 aliphatic heterocycles. The molecule has 1 aromatic heterocycles. The maximum Gasteiger partial charge on any atom is 0.0729 e. The molecule has 0 amide bonds. The molecule has 3 heteroatoms. The Kier molecular flexibility index (Phi) is 3.05. The molecule has 19 heavy (non-hydrogen) atoms. The first kappa shape index (κ1) is 11.9. The Balaban J connectivity index is 2.14. The monoisotopic (exact) mass is 251 g/mol. The standard InChI is InChI=1S/C16H17N3/c1-2-19-15(10-11-18-19)16(17)14-9-5-7-12-6-3-4-8-13(12)14/h3-11,16H,2,17H2,1H3. The van der Waals surface area contributed by atoms with Gasteiger partial charge < -0.3 is 5.73 Å². The van der Waals surface area contributed by atoms with E-state index in [0.29, 0.717) is 0 Å². The number of nitrogens with two attached hydrogens (primary N) is 1. The maximum absolute atomic E-state index is 6.44. The van der Waals surface area contributed by atoms with E-state index < -0.39 is 0 Å². The minimum absolute atomic E-state index is 0.145. The van der Waals surface area contributed by atoms with Gasteiger partial charge in [0.05, 0.1) is 11.7 Å². The van der Waals surface area contributed by atoms with Gasteiger partial charge >= 0.3 is 0 Å². The van der Waals surface area contributed by atoms with Gasteiger partial charge in [-0.2, -0.15) is 5.10 Å². The van der Waals surface area contributed by atoms with Crippen molar-refractivity contribution in [3.05, 3.63) is 66.0 Å². The molecule has 2 aromatic carbocycles. The number of rotatable bonds is 3. The van der Waals surface area contributed by atoms with Crippen molar-refractivity contribution in [2.45, 2.75) is 19.5 Å². The van der Waals surface area contributed by atoms with E-state index in [-0.39, 0.29) is 6.04 Å². The minimum atomic E-state index is -0.145. The van der Waals surface area contributed by atoms with Crippen LogP contribution >= 0.6 is 0 Å². The molecule has 2 N–H and O–H groups in total. The Morgan fingerprint density at radius 3 is 2.74 bits per heavy atom. The first-order chi connectivity index (χ1) is 9.31. The van der Waals surface area contributed by atoms with Gasteiger partial charge in [-0.15, -0.1) is 0 Å². The summed E-state index contributed by atoms with van der Waals surface area (Å²) in [7, 11) is 0. The van der Waals surface area contributed by atoms with E-state index in [0.717, 1.165) is 17.8 Å². The highest BCUT2D eigenvalue weighted by Crippen LogP contribution is 2.27. The molecule has 0 spiro atoms. The highest BCUT2D eigenvalue weighted by molar-refractivity contribution is 5.86. The summed E-state index contributed by atoms with van der Waals surface area (Å²) >= 11 is 0. The van der Waals surface area contributed by atoms with Crippen LogP contribution in [0.15, 0.2) is 54.7 Å². The smallest absolute Gasteiger partial charge is 0.0729 e. The van der Waals surface area contributed by atoms with Crippen LogP contribution in [-0.4, -0.2) is 9.78 Å². The van der Waals surface area contributed by atoms with E-state index in [4.69, 9.17) is 5.73 Å². The number of benzene rings is 2. The second-order valence-electron chi connectivity index (χ2n) is 4.62. The number of fused-ring (bicyclic) bond motifs is 1. The van der Waals surface area contributed by atoms with E-state index in [1.165, 1.54) is 10.8 Å². The maximum atomic E-state index is 6.44. The van der Waals surface area contributed by atoms with Crippen molar-refractivity contribution in [3.8, 4) is 0 Å². The predicted molar refractivity (Wildman–Crippen MR) is 77.9 cm³/mol. The Morgan fingerprint density at radius 1 is 1.11 bits per heavy atom. The number of aromatic nitrogens is 2. The average Bonchev–Trinajstić information content (AvgIpc) is 2.94. The zero-order valence-corrected chi connectivity index (χ0v) is 11.0. The second-order valence-corrected chi connectivity index (χ2v) is 4.62. The minimum Gasteiger partial charge on any atom is -0.319 e. The lowest BCUT2D eigenvalue weighted by Crippen LogP contribution is -2.17. The third kappa shape index (κ3) is 2.02. The van der Waals surface area contributed by atoms with Crippen LogP contribution < -0.4 is 5.73 Å². The SMILES string of the molecule is CCn1nccc1C(N)c1cccc2ccccc12. The summed E-state index contributed by atoms with van der Waals surface area (Å²) in [5.74, 6) is 0. The van der Waals surface area contributed by atoms with Gasteiger partial charge in [0.15, 0.2) is 0 Å². The second kappa shape index (κ2) is 4.86. The Labute approximate surface area is 112 Å². The van der Waals surface area contributed by atoms with Crippen LogP contribution in [0, 0.1) is 0 Å². The molecule has 0 aliphatic carbocycles. The summed E-state index contributed by atoms with van der Waals surface area (Å²) in [5.41, 5.74) is 8.64. The summed E-state index contributed by atoms with van der Waals surface area (Å²) in [5, 5.41) is 6.73. The van der Waals surface area contributed by atoms with Crippen molar-refractivity contribution < 1.29 is 0 Å². The van der Waals surface area contributed by atoms with Crippen LogP contribution in [0.25, 0.3) is 10.8 Å². The topological polar surface area (TPSA) is 43.8 Å². The quantitative estimate of drug-likeness (QED) is 0.777. The first-order valence-electron chi connectivity index (χ1n) is 6.56. The third-order valence-corrected chi connectivity index (χ3v) is 3.53. The Morgan fingerprint density at radius 2 is 1.89 bits per heavy atom. The molecular weight excluding hydrogens is 234 g/mol. The van der Waals surface area contributed by atoms with E-state index in [1.54, 1.807) is 0 Å². The van der Waals surface area contributed by atoms with Gasteiger partial charge in [0.1, 0.15) is 0 Å².